The first-order valence-corrected chi connectivity index (χ1v) is 6.95. The van der Waals surface area contributed by atoms with Crippen LogP contribution in [0.25, 0.3) is 11.1 Å². The molecular weight excluding hydrogens is 322 g/mol. The van der Waals surface area contributed by atoms with Crippen molar-refractivity contribution in [1.82, 2.24) is 0 Å². The molecule has 2 aromatic carbocycles. The molecule has 0 saturated carbocycles. The largest absolute Gasteiger partial charge is 0.489 e. The van der Waals surface area contributed by atoms with E-state index in [0.29, 0.717) is 11.4 Å². The van der Waals surface area contributed by atoms with E-state index in [1.54, 1.807) is 0 Å². The third kappa shape index (κ3) is 2.49. The Morgan fingerprint density at radius 3 is 2.60 bits per heavy atom. The molecule has 0 aromatic heterocycles. The minimum atomic E-state index is -0.912. The predicted molar refractivity (Wildman–Crippen MR) is 80.1 cm³/mol. The molecule has 3 rings (SSSR count). The van der Waals surface area contributed by atoms with Crippen LogP contribution in [0.5, 0.6) is 5.75 Å². The average Bonchev–Trinajstić information content (AvgIpc) is 2.47. The number of rotatable bonds is 2. The number of hydrogen-bond donors (Lipinski definition) is 2. The Labute approximate surface area is 124 Å². The van der Waals surface area contributed by atoms with Crippen molar-refractivity contribution in [2.45, 2.75) is 6.04 Å². The Hall–Kier alpha value is -2.01. The maximum Gasteiger partial charge on any atom is 0.329 e. The number of halogens is 1. The van der Waals surface area contributed by atoms with Gasteiger partial charge in [0, 0.05) is 4.47 Å². The van der Waals surface area contributed by atoms with E-state index in [1.807, 2.05) is 42.5 Å². The van der Waals surface area contributed by atoms with Gasteiger partial charge in [-0.05, 0) is 35.4 Å². The molecule has 20 heavy (non-hydrogen) atoms. The maximum atomic E-state index is 11.0. The Morgan fingerprint density at radius 2 is 1.90 bits per heavy atom. The molecule has 102 valence electrons. The summed E-state index contributed by atoms with van der Waals surface area (Å²) in [5.74, 6) is -0.229. The predicted octanol–water partition coefficient (Wildman–Crippen LogP) is 3.37. The lowest BCUT2D eigenvalue weighted by molar-refractivity contribution is -0.138. The lowest BCUT2D eigenvalue weighted by atomic mass is 10.0. The molecule has 1 atom stereocenters. The molecule has 0 radical (unpaired) electrons. The van der Waals surface area contributed by atoms with Gasteiger partial charge in [0.05, 0.1) is 5.69 Å². The van der Waals surface area contributed by atoms with Crippen LogP contribution in [0.15, 0.2) is 46.9 Å². The number of carboxylic acid groups (broad SMARTS) is 1. The van der Waals surface area contributed by atoms with E-state index in [4.69, 9.17) is 9.84 Å². The number of ether oxygens (including phenoxy) is 1. The number of carbonyl (C=O) groups is 1. The molecule has 2 aromatic rings. The summed E-state index contributed by atoms with van der Waals surface area (Å²) in [5, 5.41) is 12.0. The highest BCUT2D eigenvalue weighted by Crippen LogP contribution is 2.33. The van der Waals surface area contributed by atoms with E-state index in [9.17, 15) is 4.79 Å². The SMILES string of the molecule is O=C(O)C1COc2ccc(-c3ccc(Br)cc3)cc2N1. The fourth-order valence-electron chi connectivity index (χ4n) is 2.13. The Kier molecular flexibility index (Phi) is 3.36. The summed E-state index contributed by atoms with van der Waals surface area (Å²) in [7, 11) is 0. The van der Waals surface area contributed by atoms with E-state index < -0.39 is 12.0 Å². The summed E-state index contributed by atoms with van der Waals surface area (Å²) in [6, 6.07) is 13.0. The molecule has 0 amide bonds. The van der Waals surface area contributed by atoms with Gasteiger partial charge in [0.1, 0.15) is 12.4 Å². The van der Waals surface area contributed by atoms with Crippen molar-refractivity contribution in [3.8, 4) is 16.9 Å². The minimum Gasteiger partial charge on any atom is -0.489 e. The van der Waals surface area contributed by atoms with Gasteiger partial charge < -0.3 is 15.2 Å². The number of aliphatic carboxylic acids is 1. The van der Waals surface area contributed by atoms with Gasteiger partial charge in [-0.3, -0.25) is 0 Å². The van der Waals surface area contributed by atoms with Gasteiger partial charge in [-0.25, -0.2) is 4.79 Å². The number of carboxylic acids is 1. The van der Waals surface area contributed by atoms with Gasteiger partial charge in [0.2, 0.25) is 0 Å². The molecule has 0 spiro atoms. The van der Waals surface area contributed by atoms with Crippen LogP contribution in [-0.4, -0.2) is 23.7 Å². The van der Waals surface area contributed by atoms with Crippen molar-refractivity contribution in [1.29, 1.82) is 0 Å². The zero-order valence-corrected chi connectivity index (χ0v) is 12.1. The van der Waals surface area contributed by atoms with Gasteiger partial charge in [0.25, 0.3) is 0 Å². The first kappa shape index (κ1) is 13.0. The number of benzene rings is 2. The molecule has 1 aliphatic rings. The van der Waals surface area contributed by atoms with Crippen LogP contribution in [0, 0.1) is 0 Å². The van der Waals surface area contributed by atoms with Crippen LogP contribution in [0.1, 0.15) is 0 Å². The molecule has 0 bridgehead atoms. The fourth-order valence-corrected chi connectivity index (χ4v) is 2.39. The molecule has 1 heterocycles. The standard InChI is InChI=1S/C15H12BrNO3/c16-11-4-1-9(2-5-11)10-3-6-14-12(7-10)17-13(8-20-14)15(18)19/h1-7,13,17H,8H2,(H,18,19). The monoisotopic (exact) mass is 333 g/mol. The van der Waals surface area contributed by atoms with Crippen LogP contribution in [0.4, 0.5) is 5.69 Å². The molecule has 5 heteroatoms. The number of fused-ring (bicyclic) bond motifs is 1. The van der Waals surface area contributed by atoms with Crippen molar-refractivity contribution >= 4 is 27.6 Å². The summed E-state index contributed by atoms with van der Waals surface area (Å²) in [6.07, 6.45) is 0. The van der Waals surface area contributed by atoms with Gasteiger partial charge in [-0.1, -0.05) is 34.1 Å². The van der Waals surface area contributed by atoms with E-state index in [0.717, 1.165) is 15.6 Å². The van der Waals surface area contributed by atoms with E-state index in [2.05, 4.69) is 21.2 Å². The van der Waals surface area contributed by atoms with Gasteiger partial charge in [-0.2, -0.15) is 0 Å². The van der Waals surface area contributed by atoms with Crippen molar-refractivity contribution < 1.29 is 14.6 Å². The lowest BCUT2D eigenvalue weighted by Crippen LogP contribution is -2.38. The molecular formula is C15H12BrNO3. The van der Waals surface area contributed by atoms with Gasteiger partial charge in [0.15, 0.2) is 6.04 Å². The molecule has 2 N–H and O–H groups in total. The van der Waals surface area contributed by atoms with Gasteiger partial charge in [-0.15, -0.1) is 0 Å². The quantitative estimate of drug-likeness (QED) is 0.884. The van der Waals surface area contributed by atoms with Crippen LogP contribution in [0.3, 0.4) is 0 Å². The zero-order chi connectivity index (χ0) is 14.1. The Balaban J connectivity index is 1.94. The molecule has 0 saturated heterocycles. The normalized spacial score (nSPS) is 16.8. The van der Waals surface area contributed by atoms with Crippen molar-refractivity contribution in [3.05, 3.63) is 46.9 Å². The summed E-state index contributed by atoms with van der Waals surface area (Å²) >= 11 is 3.40. The average molecular weight is 334 g/mol. The van der Waals surface area contributed by atoms with Crippen LogP contribution >= 0.6 is 15.9 Å². The molecule has 1 unspecified atom stereocenters. The smallest absolute Gasteiger partial charge is 0.329 e. The summed E-state index contributed by atoms with van der Waals surface area (Å²) in [4.78, 5) is 11.0. The third-order valence-corrected chi connectivity index (χ3v) is 3.72. The lowest BCUT2D eigenvalue weighted by Gasteiger charge is -2.25. The summed E-state index contributed by atoms with van der Waals surface area (Å²) < 4.78 is 6.48. The van der Waals surface area contributed by atoms with E-state index in [1.165, 1.54) is 0 Å². The molecule has 1 aliphatic heterocycles. The molecule has 4 nitrogen and oxygen atoms in total. The van der Waals surface area contributed by atoms with Crippen molar-refractivity contribution in [2.75, 3.05) is 11.9 Å². The number of nitrogens with one attached hydrogen (secondary N) is 1. The maximum absolute atomic E-state index is 11.0. The Bertz CT molecular complexity index is 655. The van der Waals surface area contributed by atoms with E-state index in [-0.39, 0.29) is 6.61 Å². The van der Waals surface area contributed by atoms with Crippen LogP contribution in [-0.2, 0) is 4.79 Å². The highest BCUT2D eigenvalue weighted by atomic mass is 79.9. The first-order valence-electron chi connectivity index (χ1n) is 6.15. The summed E-state index contributed by atoms with van der Waals surface area (Å²) in [6.45, 7) is 0.139. The van der Waals surface area contributed by atoms with Crippen molar-refractivity contribution in [2.24, 2.45) is 0 Å². The third-order valence-electron chi connectivity index (χ3n) is 3.19. The van der Waals surface area contributed by atoms with Crippen LogP contribution < -0.4 is 10.1 Å². The zero-order valence-electron chi connectivity index (χ0n) is 10.5. The second kappa shape index (κ2) is 5.17. The fraction of sp³-hybridized carbons (Fsp3) is 0.133. The Morgan fingerprint density at radius 1 is 1.20 bits per heavy atom. The first-order chi connectivity index (χ1) is 9.63. The van der Waals surface area contributed by atoms with Gasteiger partial charge >= 0.3 is 5.97 Å². The molecule has 0 fully saturated rings. The second-order valence-corrected chi connectivity index (χ2v) is 5.48. The highest BCUT2D eigenvalue weighted by Gasteiger charge is 2.24. The topological polar surface area (TPSA) is 58.6 Å². The summed E-state index contributed by atoms with van der Waals surface area (Å²) in [5.41, 5.74) is 2.79. The second-order valence-electron chi connectivity index (χ2n) is 4.56. The molecule has 0 aliphatic carbocycles. The van der Waals surface area contributed by atoms with E-state index >= 15 is 0 Å². The highest BCUT2D eigenvalue weighted by molar-refractivity contribution is 9.10. The van der Waals surface area contributed by atoms with Crippen molar-refractivity contribution in [3.63, 3.8) is 0 Å². The number of hydrogen-bond acceptors (Lipinski definition) is 3. The minimum absolute atomic E-state index is 0.139. The van der Waals surface area contributed by atoms with Crippen LogP contribution in [0.2, 0.25) is 0 Å². The number of anilines is 1.